The lowest BCUT2D eigenvalue weighted by atomic mass is 9.95. The van der Waals surface area contributed by atoms with Crippen molar-refractivity contribution in [2.75, 3.05) is 26.8 Å². The number of nitrogens with one attached hydrogen (secondary N) is 1. The van der Waals surface area contributed by atoms with Gasteiger partial charge in [-0.05, 0) is 63.4 Å². The Hall–Kier alpha value is -1.75. The minimum absolute atomic E-state index is 0.182. The molecule has 0 atom stereocenters. The third-order valence-corrected chi connectivity index (χ3v) is 5.59. The van der Waals surface area contributed by atoms with Gasteiger partial charge in [-0.1, -0.05) is 18.9 Å². The van der Waals surface area contributed by atoms with Crippen LogP contribution in [0.15, 0.2) is 18.2 Å². The molecule has 1 N–H and O–H groups in total. The molecule has 1 saturated carbocycles. The molecular weight excluding hydrogens is 328 g/mol. The predicted octanol–water partition coefficient (Wildman–Crippen LogP) is 3.36. The fourth-order valence-corrected chi connectivity index (χ4v) is 4.09. The number of piperidine rings is 1. The molecule has 0 spiro atoms. The maximum Gasteiger partial charge on any atom is 0.223 e. The highest BCUT2D eigenvalue weighted by atomic mass is 16.5. The zero-order chi connectivity index (χ0) is 18.4. The molecule has 2 fully saturated rings. The minimum Gasteiger partial charge on any atom is -0.493 e. The first-order valence-electron chi connectivity index (χ1n) is 10.0. The molecule has 26 heavy (non-hydrogen) atoms. The summed E-state index contributed by atoms with van der Waals surface area (Å²) in [6, 6.07) is 6.58. The molecule has 144 valence electrons. The van der Waals surface area contributed by atoms with Crippen LogP contribution in [0.4, 0.5) is 0 Å². The molecule has 1 amide bonds. The van der Waals surface area contributed by atoms with Crippen LogP contribution in [0.2, 0.25) is 0 Å². The number of carbonyl (C=O) groups excluding carboxylic acids is 1. The summed E-state index contributed by atoms with van der Waals surface area (Å²) in [5.41, 5.74) is 1.22. The van der Waals surface area contributed by atoms with Crippen LogP contribution in [0.25, 0.3) is 0 Å². The Morgan fingerprint density at radius 3 is 2.54 bits per heavy atom. The smallest absolute Gasteiger partial charge is 0.223 e. The molecule has 1 aromatic carbocycles. The lowest BCUT2D eigenvalue weighted by Crippen LogP contribution is -2.42. The molecule has 0 radical (unpaired) electrons. The Balaban J connectivity index is 1.48. The largest absolute Gasteiger partial charge is 0.493 e. The van der Waals surface area contributed by atoms with Crippen LogP contribution in [0.1, 0.15) is 51.0 Å². The van der Waals surface area contributed by atoms with E-state index in [9.17, 15) is 4.79 Å². The van der Waals surface area contributed by atoms with Crippen molar-refractivity contribution in [3.8, 4) is 11.5 Å². The Bertz CT molecular complexity index is 591. The van der Waals surface area contributed by atoms with E-state index in [4.69, 9.17) is 9.47 Å². The van der Waals surface area contributed by atoms with Crippen LogP contribution in [-0.4, -0.2) is 43.7 Å². The second kappa shape index (κ2) is 9.26. The van der Waals surface area contributed by atoms with Crippen molar-refractivity contribution < 1.29 is 14.3 Å². The number of likely N-dealkylation sites (tertiary alicyclic amines) is 1. The van der Waals surface area contributed by atoms with Crippen LogP contribution in [0.3, 0.4) is 0 Å². The van der Waals surface area contributed by atoms with E-state index < -0.39 is 0 Å². The number of rotatable bonds is 7. The quantitative estimate of drug-likeness (QED) is 0.810. The summed E-state index contributed by atoms with van der Waals surface area (Å²) in [6.07, 6.45) is 6.73. The molecule has 0 bridgehead atoms. The number of hydrogen-bond donors (Lipinski definition) is 1. The van der Waals surface area contributed by atoms with Gasteiger partial charge in [0, 0.05) is 18.5 Å². The average Bonchev–Trinajstić information content (AvgIpc) is 3.16. The molecule has 2 aliphatic rings. The van der Waals surface area contributed by atoms with Crippen LogP contribution >= 0.6 is 0 Å². The zero-order valence-electron chi connectivity index (χ0n) is 16.1. The monoisotopic (exact) mass is 360 g/mol. The van der Waals surface area contributed by atoms with Crippen LogP contribution in [0.5, 0.6) is 11.5 Å². The minimum atomic E-state index is 0.182. The number of amides is 1. The van der Waals surface area contributed by atoms with E-state index in [1.54, 1.807) is 7.11 Å². The SMILES string of the molecule is CCOc1ccc(CN2CCC(C(=O)NC3CCCC3)CC2)cc1OC. The van der Waals surface area contributed by atoms with E-state index in [0.29, 0.717) is 12.6 Å². The van der Waals surface area contributed by atoms with Gasteiger partial charge in [-0.3, -0.25) is 9.69 Å². The Kier molecular flexibility index (Phi) is 6.78. The number of benzene rings is 1. The van der Waals surface area contributed by atoms with Gasteiger partial charge in [-0.15, -0.1) is 0 Å². The maximum absolute atomic E-state index is 12.4. The normalized spacial score (nSPS) is 19.5. The van der Waals surface area contributed by atoms with Gasteiger partial charge in [0.25, 0.3) is 0 Å². The van der Waals surface area contributed by atoms with Gasteiger partial charge in [0.05, 0.1) is 13.7 Å². The van der Waals surface area contributed by atoms with E-state index in [1.165, 1.54) is 18.4 Å². The molecule has 1 aromatic rings. The predicted molar refractivity (Wildman–Crippen MR) is 103 cm³/mol. The van der Waals surface area contributed by atoms with Gasteiger partial charge < -0.3 is 14.8 Å². The molecule has 5 heteroatoms. The first-order chi connectivity index (χ1) is 12.7. The molecular formula is C21H32N2O3. The first kappa shape index (κ1) is 19.0. The second-order valence-corrected chi connectivity index (χ2v) is 7.46. The third kappa shape index (κ3) is 4.91. The lowest BCUT2D eigenvalue weighted by Gasteiger charge is -2.32. The Labute approximate surface area is 157 Å². The standard InChI is InChI=1S/C21H32N2O3/c1-3-26-19-9-8-16(14-20(19)25-2)15-23-12-10-17(11-13-23)21(24)22-18-6-4-5-7-18/h8-9,14,17-18H,3-7,10-13,15H2,1-2H3,(H,22,24). The molecule has 1 aliphatic heterocycles. The molecule has 5 nitrogen and oxygen atoms in total. The van der Waals surface area contributed by atoms with Crippen molar-refractivity contribution in [2.45, 2.75) is 58.0 Å². The number of methoxy groups -OCH3 is 1. The number of carbonyl (C=O) groups is 1. The van der Waals surface area contributed by atoms with E-state index in [1.807, 2.05) is 13.0 Å². The van der Waals surface area contributed by atoms with E-state index in [-0.39, 0.29) is 11.8 Å². The van der Waals surface area contributed by atoms with Crippen molar-refractivity contribution in [1.29, 1.82) is 0 Å². The second-order valence-electron chi connectivity index (χ2n) is 7.46. The van der Waals surface area contributed by atoms with Gasteiger partial charge in [-0.2, -0.15) is 0 Å². The molecule has 1 aliphatic carbocycles. The molecule has 1 saturated heterocycles. The van der Waals surface area contributed by atoms with Crippen molar-refractivity contribution >= 4 is 5.91 Å². The average molecular weight is 360 g/mol. The van der Waals surface area contributed by atoms with Crippen molar-refractivity contribution in [2.24, 2.45) is 5.92 Å². The summed E-state index contributed by atoms with van der Waals surface area (Å²) >= 11 is 0. The first-order valence-corrected chi connectivity index (χ1v) is 10.0. The van der Waals surface area contributed by atoms with E-state index in [0.717, 1.165) is 56.8 Å². The highest BCUT2D eigenvalue weighted by Gasteiger charge is 2.27. The van der Waals surface area contributed by atoms with E-state index >= 15 is 0 Å². The molecule has 0 aromatic heterocycles. The van der Waals surface area contributed by atoms with Gasteiger partial charge in [-0.25, -0.2) is 0 Å². The van der Waals surface area contributed by atoms with Crippen molar-refractivity contribution in [1.82, 2.24) is 10.2 Å². The van der Waals surface area contributed by atoms with Gasteiger partial charge >= 0.3 is 0 Å². The summed E-state index contributed by atoms with van der Waals surface area (Å²) in [6.45, 7) is 5.43. The zero-order valence-corrected chi connectivity index (χ0v) is 16.1. The van der Waals surface area contributed by atoms with Gasteiger partial charge in [0.15, 0.2) is 11.5 Å². The summed E-state index contributed by atoms with van der Waals surface area (Å²) in [5, 5.41) is 3.26. The topological polar surface area (TPSA) is 50.8 Å². The molecule has 1 heterocycles. The van der Waals surface area contributed by atoms with Crippen LogP contribution < -0.4 is 14.8 Å². The summed E-state index contributed by atoms with van der Waals surface area (Å²) < 4.78 is 11.0. The fourth-order valence-electron chi connectivity index (χ4n) is 4.09. The lowest BCUT2D eigenvalue weighted by molar-refractivity contribution is -0.127. The van der Waals surface area contributed by atoms with Crippen molar-refractivity contribution in [3.05, 3.63) is 23.8 Å². The van der Waals surface area contributed by atoms with Crippen LogP contribution in [0, 0.1) is 5.92 Å². The molecule has 0 unspecified atom stereocenters. The summed E-state index contributed by atoms with van der Waals surface area (Å²) in [7, 11) is 1.68. The van der Waals surface area contributed by atoms with Gasteiger partial charge in [0.2, 0.25) is 5.91 Å². The number of ether oxygens (including phenoxy) is 2. The molecule has 3 rings (SSSR count). The highest BCUT2D eigenvalue weighted by molar-refractivity contribution is 5.79. The number of hydrogen-bond acceptors (Lipinski definition) is 4. The fraction of sp³-hybridized carbons (Fsp3) is 0.667. The number of nitrogens with zero attached hydrogens (tertiary/aromatic N) is 1. The highest BCUT2D eigenvalue weighted by Crippen LogP contribution is 2.29. The Morgan fingerprint density at radius 1 is 1.15 bits per heavy atom. The van der Waals surface area contributed by atoms with Crippen molar-refractivity contribution in [3.63, 3.8) is 0 Å². The Morgan fingerprint density at radius 2 is 1.88 bits per heavy atom. The summed E-state index contributed by atoms with van der Waals surface area (Å²) in [4.78, 5) is 14.9. The van der Waals surface area contributed by atoms with Gasteiger partial charge in [0.1, 0.15) is 0 Å². The van der Waals surface area contributed by atoms with Crippen LogP contribution in [-0.2, 0) is 11.3 Å². The summed E-state index contributed by atoms with van der Waals surface area (Å²) in [5.74, 6) is 2.04. The maximum atomic E-state index is 12.4. The third-order valence-electron chi connectivity index (χ3n) is 5.59. The van der Waals surface area contributed by atoms with E-state index in [2.05, 4.69) is 22.3 Å².